The zero-order valence-electron chi connectivity index (χ0n) is 13.1. The highest BCUT2D eigenvalue weighted by molar-refractivity contribution is 5.88. The van der Waals surface area contributed by atoms with E-state index in [1.54, 1.807) is 30.2 Å². The fourth-order valence-electron chi connectivity index (χ4n) is 2.41. The molecule has 1 saturated carbocycles. The van der Waals surface area contributed by atoms with Crippen molar-refractivity contribution in [3.8, 4) is 0 Å². The van der Waals surface area contributed by atoms with Crippen LogP contribution in [0.3, 0.4) is 0 Å². The van der Waals surface area contributed by atoms with Crippen LogP contribution in [-0.4, -0.2) is 50.5 Å². The molecule has 2 aromatic rings. The third kappa shape index (κ3) is 4.07. The van der Waals surface area contributed by atoms with Gasteiger partial charge in [-0.2, -0.15) is 5.10 Å². The van der Waals surface area contributed by atoms with Gasteiger partial charge in [-0.1, -0.05) is 6.07 Å². The van der Waals surface area contributed by atoms with Crippen LogP contribution in [-0.2, 0) is 6.54 Å². The molecule has 1 aliphatic rings. The highest BCUT2D eigenvalue weighted by atomic mass is 16.3. The number of amides is 2. The number of urea groups is 1. The number of hydrogen-bond donors (Lipinski definition) is 2. The van der Waals surface area contributed by atoms with Crippen molar-refractivity contribution in [2.45, 2.75) is 25.5 Å². The number of aromatic nitrogens is 3. The van der Waals surface area contributed by atoms with E-state index in [-0.39, 0.29) is 6.03 Å². The molecule has 1 fully saturated rings. The molecule has 23 heavy (non-hydrogen) atoms. The highest BCUT2D eigenvalue weighted by Crippen LogP contribution is 2.32. The molecule has 0 spiro atoms. The molecule has 1 aliphatic carbocycles. The number of hydrogen-bond acceptors (Lipinski definition) is 4. The van der Waals surface area contributed by atoms with Crippen molar-refractivity contribution in [2.24, 2.45) is 5.92 Å². The number of nitrogens with one attached hydrogen (secondary N) is 1. The highest BCUT2D eigenvalue weighted by Gasteiger charge is 2.31. The maximum atomic E-state index is 12.2. The Morgan fingerprint density at radius 1 is 1.43 bits per heavy atom. The van der Waals surface area contributed by atoms with E-state index in [0.717, 1.165) is 18.5 Å². The largest absolute Gasteiger partial charge is 0.391 e. The molecular weight excluding hydrogens is 294 g/mol. The van der Waals surface area contributed by atoms with E-state index in [9.17, 15) is 9.90 Å². The molecule has 7 heteroatoms. The average Bonchev–Trinajstić information content (AvgIpc) is 3.32. The molecule has 7 nitrogen and oxygen atoms in total. The van der Waals surface area contributed by atoms with Crippen molar-refractivity contribution < 1.29 is 9.90 Å². The lowest BCUT2D eigenvalue weighted by molar-refractivity contribution is 0.117. The van der Waals surface area contributed by atoms with Crippen molar-refractivity contribution >= 4 is 11.8 Å². The summed E-state index contributed by atoms with van der Waals surface area (Å²) in [6, 6.07) is 7.16. The van der Waals surface area contributed by atoms with E-state index in [0.29, 0.717) is 24.8 Å². The second-order valence-corrected chi connectivity index (χ2v) is 5.91. The Morgan fingerprint density at radius 2 is 2.26 bits per heavy atom. The normalized spacial score (nSPS) is 15.2. The molecule has 1 atom stereocenters. The zero-order chi connectivity index (χ0) is 16.2. The number of carbonyl (C=O) groups is 1. The van der Waals surface area contributed by atoms with Gasteiger partial charge in [-0.25, -0.2) is 9.48 Å². The second kappa shape index (κ2) is 6.78. The fourth-order valence-corrected chi connectivity index (χ4v) is 2.41. The van der Waals surface area contributed by atoms with Crippen molar-refractivity contribution in [3.63, 3.8) is 0 Å². The van der Waals surface area contributed by atoms with Gasteiger partial charge in [0.15, 0.2) is 0 Å². The van der Waals surface area contributed by atoms with Crippen molar-refractivity contribution in [1.82, 2.24) is 19.7 Å². The Balaban J connectivity index is 1.59. The van der Waals surface area contributed by atoms with Gasteiger partial charge in [-0.3, -0.25) is 10.3 Å². The standard InChI is InChI=1S/C16H21N5O2/c1-20(11-14(22)12-5-6-12)16(23)19-15-7-9-18-21(15)10-13-4-2-3-8-17-13/h2-4,7-9,12,14,22H,5-6,10-11H2,1H3,(H,19,23). The summed E-state index contributed by atoms with van der Waals surface area (Å²) in [6.07, 6.45) is 5.02. The fraction of sp³-hybridized carbons (Fsp3) is 0.438. The first-order valence-electron chi connectivity index (χ1n) is 7.75. The van der Waals surface area contributed by atoms with Crippen LogP contribution < -0.4 is 5.32 Å². The third-order valence-corrected chi connectivity index (χ3v) is 3.96. The van der Waals surface area contributed by atoms with Crippen molar-refractivity contribution in [1.29, 1.82) is 0 Å². The van der Waals surface area contributed by atoms with Crippen LogP contribution in [0.15, 0.2) is 36.7 Å². The summed E-state index contributed by atoms with van der Waals surface area (Å²) in [4.78, 5) is 18.0. The Morgan fingerprint density at radius 3 is 2.96 bits per heavy atom. The number of likely N-dealkylation sites (N-methyl/N-ethyl adjacent to an activating group) is 1. The third-order valence-electron chi connectivity index (χ3n) is 3.96. The smallest absolute Gasteiger partial charge is 0.322 e. The van der Waals surface area contributed by atoms with E-state index in [1.807, 2.05) is 18.2 Å². The summed E-state index contributed by atoms with van der Waals surface area (Å²) >= 11 is 0. The minimum absolute atomic E-state index is 0.257. The number of aliphatic hydroxyl groups is 1. The van der Waals surface area contributed by atoms with Gasteiger partial charge in [-0.15, -0.1) is 0 Å². The van der Waals surface area contributed by atoms with Gasteiger partial charge in [0, 0.05) is 25.9 Å². The maximum absolute atomic E-state index is 12.2. The molecule has 2 heterocycles. The first kappa shape index (κ1) is 15.5. The van der Waals surface area contributed by atoms with Gasteiger partial charge in [0.05, 0.1) is 24.5 Å². The molecule has 2 N–H and O–H groups in total. The molecule has 1 unspecified atom stereocenters. The molecule has 122 valence electrons. The molecule has 0 radical (unpaired) electrons. The quantitative estimate of drug-likeness (QED) is 0.847. The summed E-state index contributed by atoms with van der Waals surface area (Å²) in [5, 5.41) is 17.0. The van der Waals surface area contributed by atoms with Gasteiger partial charge < -0.3 is 10.0 Å². The summed E-state index contributed by atoms with van der Waals surface area (Å²) in [7, 11) is 1.68. The van der Waals surface area contributed by atoms with Gasteiger partial charge in [-0.05, 0) is 30.9 Å². The second-order valence-electron chi connectivity index (χ2n) is 5.91. The maximum Gasteiger partial charge on any atom is 0.322 e. The van der Waals surface area contributed by atoms with Gasteiger partial charge in [0.1, 0.15) is 5.82 Å². The monoisotopic (exact) mass is 315 g/mol. The van der Waals surface area contributed by atoms with Crippen LogP contribution in [0.5, 0.6) is 0 Å². The molecule has 0 aliphatic heterocycles. The topological polar surface area (TPSA) is 83.3 Å². The summed E-state index contributed by atoms with van der Waals surface area (Å²) in [5.74, 6) is 0.952. The van der Waals surface area contributed by atoms with Crippen molar-refractivity contribution in [3.05, 3.63) is 42.4 Å². The molecule has 2 aromatic heterocycles. The Bertz CT molecular complexity index is 654. The molecule has 0 saturated heterocycles. The summed E-state index contributed by atoms with van der Waals surface area (Å²) in [5.41, 5.74) is 0.865. The van der Waals surface area contributed by atoms with Crippen molar-refractivity contribution in [2.75, 3.05) is 18.9 Å². The van der Waals surface area contributed by atoms with Gasteiger partial charge in [0.2, 0.25) is 0 Å². The van der Waals surface area contributed by atoms with Gasteiger partial charge in [0.25, 0.3) is 0 Å². The van der Waals surface area contributed by atoms with Crippen LogP contribution in [0.1, 0.15) is 18.5 Å². The SMILES string of the molecule is CN(CC(O)C1CC1)C(=O)Nc1ccnn1Cc1ccccn1. The average molecular weight is 315 g/mol. The van der Waals surface area contributed by atoms with Crippen LogP contribution in [0.25, 0.3) is 0 Å². The number of rotatable bonds is 6. The predicted octanol–water partition coefficient (Wildman–Crippen LogP) is 1.56. The minimum Gasteiger partial charge on any atom is -0.391 e. The lowest BCUT2D eigenvalue weighted by Gasteiger charge is -2.21. The Hall–Kier alpha value is -2.41. The molecule has 2 amide bonds. The predicted molar refractivity (Wildman–Crippen MR) is 85.9 cm³/mol. The number of anilines is 1. The Kier molecular flexibility index (Phi) is 4.57. The van der Waals surface area contributed by atoms with Crippen LogP contribution >= 0.6 is 0 Å². The molecule has 0 bridgehead atoms. The van der Waals surface area contributed by atoms with Crippen LogP contribution in [0.4, 0.5) is 10.6 Å². The Labute approximate surface area is 134 Å². The molecular formula is C16H21N5O2. The minimum atomic E-state index is -0.441. The van der Waals surface area contributed by atoms with E-state index in [1.165, 1.54) is 4.90 Å². The first-order valence-corrected chi connectivity index (χ1v) is 7.75. The lowest BCUT2D eigenvalue weighted by atomic mass is 10.2. The van der Waals surface area contributed by atoms with E-state index in [2.05, 4.69) is 15.4 Å². The number of aliphatic hydroxyl groups excluding tert-OH is 1. The summed E-state index contributed by atoms with van der Waals surface area (Å²) in [6.45, 7) is 0.822. The first-order chi connectivity index (χ1) is 11.1. The van der Waals surface area contributed by atoms with Crippen LogP contribution in [0, 0.1) is 5.92 Å². The zero-order valence-corrected chi connectivity index (χ0v) is 13.1. The number of carbonyl (C=O) groups excluding carboxylic acids is 1. The van der Waals surface area contributed by atoms with E-state index >= 15 is 0 Å². The van der Waals surface area contributed by atoms with E-state index < -0.39 is 6.10 Å². The molecule has 0 aromatic carbocycles. The summed E-state index contributed by atoms with van der Waals surface area (Å²) < 4.78 is 1.69. The van der Waals surface area contributed by atoms with Crippen LogP contribution in [0.2, 0.25) is 0 Å². The van der Waals surface area contributed by atoms with E-state index in [4.69, 9.17) is 0 Å². The lowest BCUT2D eigenvalue weighted by Crippen LogP contribution is -2.38. The number of nitrogens with zero attached hydrogens (tertiary/aromatic N) is 4. The number of pyridine rings is 1. The van der Waals surface area contributed by atoms with Gasteiger partial charge >= 0.3 is 6.03 Å². The molecule has 3 rings (SSSR count).